The zero-order valence-corrected chi connectivity index (χ0v) is 16.0. The van der Waals surface area contributed by atoms with Crippen molar-refractivity contribution in [3.05, 3.63) is 71.8 Å². The van der Waals surface area contributed by atoms with Crippen LogP contribution in [0.3, 0.4) is 0 Å². The summed E-state index contributed by atoms with van der Waals surface area (Å²) in [5.41, 5.74) is 1.13. The minimum absolute atomic E-state index is 0.357. The number of carbonyl (C=O) groups excluding carboxylic acids is 3. The van der Waals surface area contributed by atoms with Crippen molar-refractivity contribution in [1.82, 2.24) is 4.90 Å². The third-order valence-corrected chi connectivity index (χ3v) is 3.72. The van der Waals surface area contributed by atoms with Gasteiger partial charge in [-0.1, -0.05) is 60.7 Å². The standard InChI is InChI=1S/C22H25NO4/c1-22(2,3)27-21(26)19(24)14-20(25)23(15-17-10-6-4-7-11-17)16-18-12-8-5-9-13-18/h4-13H,14-16H2,1-3H3. The number of hydrogen-bond acceptors (Lipinski definition) is 4. The molecule has 0 saturated carbocycles. The lowest BCUT2D eigenvalue weighted by Crippen LogP contribution is -2.35. The first-order valence-corrected chi connectivity index (χ1v) is 8.86. The van der Waals surface area contributed by atoms with Crippen LogP contribution in [0.5, 0.6) is 0 Å². The fourth-order valence-corrected chi connectivity index (χ4v) is 2.50. The number of ketones is 1. The van der Waals surface area contributed by atoms with E-state index in [1.54, 1.807) is 25.7 Å². The van der Waals surface area contributed by atoms with E-state index in [4.69, 9.17) is 4.74 Å². The monoisotopic (exact) mass is 367 g/mol. The van der Waals surface area contributed by atoms with Gasteiger partial charge in [-0.2, -0.15) is 0 Å². The molecule has 0 aliphatic rings. The SMILES string of the molecule is CC(C)(C)OC(=O)C(=O)CC(=O)N(Cc1ccccc1)Cc1ccccc1. The van der Waals surface area contributed by atoms with E-state index in [-0.39, 0.29) is 0 Å². The zero-order chi connectivity index (χ0) is 19.9. The summed E-state index contributed by atoms with van der Waals surface area (Å²) in [6.45, 7) is 5.75. The average molecular weight is 367 g/mol. The molecule has 2 aromatic carbocycles. The van der Waals surface area contributed by atoms with E-state index in [0.717, 1.165) is 11.1 Å². The van der Waals surface area contributed by atoms with E-state index in [1.807, 2.05) is 60.7 Å². The highest BCUT2D eigenvalue weighted by Crippen LogP contribution is 2.13. The van der Waals surface area contributed by atoms with E-state index in [9.17, 15) is 14.4 Å². The van der Waals surface area contributed by atoms with Crippen molar-refractivity contribution in [2.24, 2.45) is 0 Å². The topological polar surface area (TPSA) is 63.7 Å². The predicted octanol–water partition coefficient (Wildman–Crippen LogP) is 3.52. The second-order valence-electron chi connectivity index (χ2n) is 7.32. The van der Waals surface area contributed by atoms with Crippen molar-refractivity contribution in [3.63, 3.8) is 0 Å². The van der Waals surface area contributed by atoms with Crippen LogP contribution in [0, 0.1) is 0 Å². The zero-order valence-electron chi connectivity index (χ0n) is 16.0. The van der Waals surface area contributed by atoms with Gasteiger partial charge in [0, 0.05) is 13.1 Å². The Kier molecular flexibility index (Phi) is 6.88. The number of rotatable bonds is 7. The number of esters is 1. The second kappa shape index (κ2) is 9.12. The molecule has 142 valence electrons. The fourth-order valence-electron chi connectivity index (χ4n) is 2.50. The maximum absolute atomic E-state index is 12.7. The highest BCUT2D eigenvalue weighted by atomic mass is 16.6. The highest BCUT2D eigenvalue weighted by Gasteiger charge is 2.27. The van der Waals surface area contributed by atoms with Crippen LogP contribution in [0.1, 0.15) is 38.3 Å². The van der Waals surface area contributed by atoms with Crippen LogP contribution >= 0.6 is 0 Å². The maximum Gasteiger partial charge on any atom is 0.375 e. The predicted molar refractivity (Wildman–Crippen MR) is 103 cm³/mol. The second-order valence-corrected chi connectivity index (χ2v) is 7.32. The van der Waals surface area contributed by atoms with E-state index in [2.05, 4.69) is 0 Å². The Labute approximate surface area is 159 Å². The molecule has 0 aliphatic carbocycles. The van der Waals surface area contributed by atoms with Gasteiger partial charge in [-0.3, -0.25) is 9.59 Å². The minimum Gasteiger partial charge on any atom is -0.454 e. The Balaban J connectivity index is 2.10. The number of hydrogen-bond donors (Lipinski definition) is 0. The molecule has 2 rings (SSSR count). The Morgan fingerprint density at radius 1 is 0.815 bits per heavy atom. The first-order chi connectivity index (χ1) is 12.7. The number of nitrogens with zero attached hydrogens (tertiary/aromatic N) is 1. The third kappa shape index (κ3) is 7.05. The summed E-state index contributed by atoms with van der Waals surface area (Å²) in [5.74, 6) is -2.21. The molecular weight excluding hydrogens is 342 g/mol. The average Bonchev–Trinajstić information content (AvgIpc) is 2.61. The molecule has 5 heteroatoms. The first-order valence-electron chi connectivity index (χ1n) is 8.86. The molecule has 0 fully saturated rings. The van der Waals surface area contributed by atoms with Crippen molar-refractivity contribution in [2.45, 2.75) is 45.9 Å². The Hall–Kier alpha value is -2.95. The van der Waals surface area contributed by atoms with E-state index >= 15 is 0 Å². The molecule has 0 spiro atoms. The van der Waals surface area contributed by atoms with Gasteiger partial charge >= 0.3 is 5.97 Å². The molecule has 0 N–H and O–H groups in total. The number of Topliss-reactive ketones (excluding diaryl/α,β-unsaturated/α-hetero) is 1. The molecule has 1 amide bonds. The first kappa shape index (κ1) is 20.4. The van der Waals surface area contributed by atoms with Crippen molar-refractivity contribution < 1.29 is 19.1 Å². The van der Waals surface area contributed by atoms with Crippen LogP contribution < -0.4 is 0 Å². The molecule has 0 bridgehead atoms. The van der Waals surface area contributed by atoms with Crippen molar-refractivity contribution >= 4 is 17.7 Å². The van der Waals surface area contributed by atoms with Crippen LogP contribution in [-0.2, 0) is 32.2 Å². The summed E-state index contributed by atoms with van der Waals surface area (Å²) in [6, 6.07) is 19.1. The van der Waals surface area contributed by atoms with Crippen LogP contribution in [0.25, 0.3) is 0 Å². The van der Waals surface area contributed by atoms with Crippen molar-refractivity contribution in [3.8, 4) is 0 Å². The Morgan fingerprint density at radius 3 is 1.67 bits per heavy atom. The van der Waals surface area contributed by atoms with Gasteiger partial charge in [0.25, 0.3) is 0 Å². The normalized spacial score (nSPS) is 10.9. The smallest absolute Gasteiger partial charge is 0.375 e. The Bertz CT molecular complexity index is 737. The number of ether oxygens (including phenoxy) is 1. The molecule has 0 aliphatic heterocycles. The van der Waals surface area contributed by atoms with Gasteiger partial charge in [0.1, 0.15) is 5.60 Å². The van der Waals surface area contributed by atoms with Gasteiger partial charge in [-0.15, -0.1) is 0 Å². The summed E-state index contributed by atoms with van der Waals surface area (Å²) >= 11 is 0. The lowest BCUT2D eigenvalue weighted by molar-refractivity contribution is -0.163. The highest BCUT2D eigenvalue weighted by molar-refractivity contribution is 6.37. The van der Waals surface area contributed by atoms with Crippen LogP contribution in [-0.4, -0.2) is 28.2 Å². The molecule has 0 unspecified atom stereocenters. The quantitative estimate of drug-likeness (QED) is 0.427. The number of carbonyl (C=O) groups is 3. The molecule has 0 atom stereocenters. The molecule has 2 aromatic rings. The van der Waals surface area contributed by atoms with E-state index in [0.29, 0.717) is 13.1 Å². The van der Waals surface area contributed by atoms with E-state index in [1.165, 1.54) is 0 Å². The van der Waals surface area contributed by atoms with Gasteiger partial charge in [0.2, 0.25) is 11.7 Å². The minimum atomic E-state index is -0.977. The molecule has 5 nitrogen and oxygen atoms in total. The molecule has 0 aromatic heterocycles. The molecule has 0 saturated heterocycles. The summed E-state index contributed by atoms with van der Waals surface area (Å²) in [7, 11) is 0. The number of benzene rings is 2. The summed E-state index contributed by atoms with van der Waals surface area (Å²) in [6.07, 6.45) is -0.505. The van der Waals surface area contributed by atoms with Crippen LogP contribution in [0.2, 0.25) is 0 Å². The van der Waals surface area contributed by atoms with Gasteiger partial charge in [0.15, 0.2) is 0 Å². The van der Waals surface area contributed by atoms with Gasteiger partial charge in [0.05, 0.1) is 6.42 Å². The van der Waals surface area contributed by atoms with Gasteiger partial charge in [-0.05, 0) is 31.9 Å². The molecular formula is C22H25NO4. The molecule has 0 heterocycles. The van der Waals surface area contributed by atoms with E-state index < -0.39 is 29.7 Å². The maximum atomic E-state index is 12.7. The third-order valence-electron chi connectivity index (χ3n) is 3.72. The van der Waals surface area contributed by atoms with Crippen molar-refractivity contribution in [2.75, 3.05) is 0 Å². The lowest BCUT2D eigenvalue weighted by Gasteiger charge is -2.23. The van der Waals surface area contributed by atoms with Gasteiger partial charge in [-0.25, -0.2) is 4.79 Å². The van der Waals surface area contributed by atoms with Crippen LogP contribution in [0.15, 0.2) is 60.7 Å². The summed E-state index contributed by atoms with van der Waals surface area (Å²) in [5, 5.41) is 0. The fraction of sp³-hybridized carbons (Fsp3) is 0.318. The Morgan fingerprint density at radius 2 is 1.26 bits per heavy atom. The largest absolute Gasteiger partial charge is 0.454 e. The summed E-state index contributed by atoms with van der Waals surface area (Å²) < 4.78 is 5.06. The van der Waals surface area contributed by atoms with Crippen LogP contribution in [0.4, 0.5) is 0 Å². The van der Waals surface area contributed by atoms with Gasteiger partial charge < -0.3 is 9.64 Å². The molecule has 27 heavy (non-hydrogen) atoms. The lowest BCUT2D eigenvalue weighted by atomic mass is 10.1. The number of amides is 1. The molecule has 0 radical (unpaired) electrons. The van der Waals surface area contributed by atoms with Crippen molar-refractivity contribution in [1.29, 1.82) is 0 Å². The summed E-state index contributed by atoms with van der Waals surface area (Å²) in [4.78, 5) is 38.3.